The van der Waals surface area contributed by atoms with E-state index in [4.69, 9.17) is 23.8 Å². The minimum absolute atomic E-state index is 0.193. The minimum Gasteiger partial charge on any atom is -0.268 e. The predicted molar refractivity (Wildman–Crippen MR) is 98.2 cm³/mol. The standard InChI is InChI=1S/C17H11ClFNOS2/c1-10-4-2-5-11(8-10)20-16(21)15(23-17(20)22)9-12-13(18)6-3-7-14(12)19/h2-9H,1H3/b15-9+. The lowest BCUT2D eigenvalue weighted by atomic mass is 10.2. The molecule has 3 rings (SSSR count). The molecule has 1 amide bonds. The van der Waals surface area contributed by atoms with Gasteiger partial charge in [-0.1, -0.05) is 53.8 Å². The van der Waals surface area contributed by atoms with Crippen LogP contribution in [0.3, 0.4) is 0 Å². The van der Waals surface area contributed by atoms with Crippen molar-refractivity contribution >= 4 is 57.6 Å². The molecule has 0 unspecified atom stereocenters. The van der Waals surface area contributed by atoms with Crippen LogP contribution in [-0.4, -0.2) is 10.2 Å². The van der Waals surface area contributed by atoms with E-state index in [1.54, 1.807) is 6.07 Å². The van der Waals surface area contributed by atoms with Crippen LogP contribution in [0.4, 0.5) is 10.1 Å². The Morgan fingerprint density at radius 1 is 1.26 bits per heavy atom. The highest BCUT2D eigenvalue weighted by molar-refractivity contribution is 8.27. The second kappa shape index (κ2) is 6.43. The SMILES string of the molecule is Cc1cccc(N2C(=O)/C(=C\c3c(F)cccc3Cl)SC2=S)c1. The van der Waals surface area contributed by atoms with Gasteiger partial charge in [0.15, 0.2) is 4.32 Å². The fourth-order valence-corrected chi connectivity index (χ4v) is 3.74. The highest BCUT2D eigenvalue weighted by Gasteiger charge is 2.33. The topological polar surface area (TPSA) is 20.3 Å². The molecular weight excluding hydrogens is 353 g/mol. The van der Waals surface area contributed by atoms with E-state index in [0.29, 0.717) is 14.9 Å². The summed E-state index contributed by atoms with van der Waals surface area (Å²) in [7, 11) is 0. The number of carbonyl (C=O) groups excluding carboxylic acids is 1. The Kier molecular flexibility index (Phi) is 4.53. The van der Waals surface area contributed by atoms with Crippen molar-refractivity contribution in [2.45, 2.75) is 6.92 Å². The van der Waals surface area contributed by atoms with Gasteiger partial charge in [0.1, 0.15) is 5.82 Å². The molecule has 0 radical (unpaired) electrons. The Morgan fingerprint density at radius 3 is 2.70 bits per heavy atom. The summed E-state index contributed by atoms with van der Waals surface area (Å²) in [5, 5.41) is 0.255. The molecule has 0 aromatic heterocycles. The summed E-state index contributed by atoms with van der Waals surface area (Å²) >= 11 is 12.5. The molecule has 116 valence electrons. The van der Waals surface area contributed by atoms with Crippen LogP contribution in [0.25, 0.3) is 6.08 Å². The zero-order chi connectivity index (χ0) is 16.6. The number of nitrogens with zero attached hydrogens (tertiary/aromatic N) is 1. The van der Waals surface area contributed by atoms with Crippen LogP contribution in [0.2, 0.25) is 5.02 Å². The molecule has 0 bridgehead atoms. The van der Waals surface area contributed by atoms with Gasteiger partial charge in [0, 0.05) is 5.56 Å². The summed E-state index contributed by atoms with van der Waals surface area (Å²) in [5.41, 5.74) is 1.92. The highest BCUT2D eigenvalue weighted by atomic mass is 35.5. The van der Waals surface area contributed by atoms with Gasteiger partial charge in [-0.05, 0) is 42.8 Å². The largest absolute Gasteiger partial charge is 0.270 e. The van der Waals surface area contributed by atoms with Gasteiger partial charge in [-0.15, -0.1) is 0 Å². The number of benzene rings is 2. The minimum atomic E-state index is -0.474. The first kappa shape index (κ1) is 16.2. The molecule has 1 aliphatic heterocycles. The van der Waals surface area contributed by atoms with E-state index in [1.165, 1.54) is 23.1 Å². The van der Waals surface area contributed by atoms with E-state index >= 15 is 0 Å². The number of amides is 1. The van der Waals surface area contributed by atoms with Crippen molar-refractivity contribution in [3.05, 3.63) is 69.3 Å². The average molecular weight is 364 g/mol. The molecule has 0 aliphatic carbocycles. The number of anilines is 1. The van der Waals surface area contributed by atoms with Crippen LogP contribution in [0.5, 0.6) is 0 Å². The fourth-order valence-electron chi connectivity index (χ4n) is 2.24. The first-order valence-electron chi connectivity index (χ1n) is 6.76. The van der Waals surface area contributed by atoms with E-state index in [9.17, 15) is 9.18 Å². The number of hydrogen-bond donors (Lipinski definition) is 0. The second-order valence-electron chi connectivity index (χ2n) is 4.99. The Balaban J connectivity index is 2.00. The number of aryl methyl sites for hydroxylation is 1. The Labute approximate surface area is 147 Å². The maximum atomic E-state index is 13.9. The zero-order valence-electron chi connectivity index (χ0n) is 12.0. The van der Waals surface area contributed by atoms with Gasteiger partial charge in [0.05, 0.1) is 15.6 Å². The van der Waals surface area contributed by atoms with Gasteiger partial charge in [0.25, 0.3) is 5.91 Å². The molecule has 0 atom stereocenters. The molecule has 2 nitrogen and oxygen atoms in total. The Morgan fingerprint density at radius 2 is 2.00 bits per heavy atom. The highest BCUT2D eigenvalue weighted by Crippen LogP contribution is 2.37. The van der Waals surface area contributed by atoms with E-state index < -0.39 is 5.82 Å². The molecule has 0 N–H and O–H groups in total. The molecule has 1 fully saturated rings. The average Bonchev–Trinajstić information content (AvgIpc) is 2.77. The van der Waals surface area contributed by atoms with Crippen LogP contribution in [0.1, 0.15) is 11.1 Å². The monoisotopic (exact) mass is 363 g/mol. The predicted octanol–water partition coefficient (Wildman–Crippen LogP) is 5.19. The van der Waals surface area contributed by atoms with Crippen LogP contribution < -0.4 is 4.90 Å². The van der Waals surface area contributed by atoms with Gasteiger partial charge < -0.3 is 0 Å². The Hall–Kier alpha value is -1.69. The summed E-state index contributed by atoms with van der Waals surface area (Å²) in [6, 6.07) is 11.9. The number of hydrogen-bond acceptors (Lipinski definition) is 3. The molecule has 1 saturated heterocycles. The normalized spacial score (nSPS) is 16.5. The smallest absolute Gasteiger partial charge is 0.268 e. The molecule has 23 heavy (non-hydrogen) atoms. The third-order valence-corrected chi connectivity index (χ3v) is 4.96. The number of halogens is 2. The summed E-state index contributed by atoms with van der Waals surface area (Å²) in [6.07, 6.45) is 1.45. The van der Waals surface area contributed by atoms with Crippen LogP contribution in [0, 0.1) is 12.7 Å². The number of rotatable bonds is 2. The van der Waals surface area contributed by atoms with Gasteiger partial charge in [-0.25, -0.2) is 4.39 Å². The fraction of sp³-hybridized carbons (Fsp3) is 0.0588. The molecule has 6 heteroatoms. The second-order valence-corrected chi connectivity index (χ2v) is 7.07. The van der Waals surface area contributed by atoms with E-state index in [0.717, 1.165) is 17.3 Å². The van der Waals surface area contributed by atoms with Gasteiger partial charge in [-0.3, -0.25) is 9.69 Å². The summed E-state index contributed by atoms with van der Waals surface area (Å²) in [6.45, 7) is 1.94. The summed E-state index contributed by atoms with van der Waals surface area (Å²) in [4.78, 5) is 14.4. The van der Waals surface area contributed by atoms with Crippen molar-refractivity contribution in [3.8, 4) is 0 Å². The third-order valence-electron chi connectivity index (χ3n) is 3.33. The molecule has 1 heterocycles. The van der Waals surface area contributed by atoms with Gasteiger partial charge in [-0.2, -0.15) is 0 Å². The molecular formula is C17H11ClFNOS2. The van der Waals surface area contributed by atoms with Crippen LogP contribution >= 0.6 is 35.6 Å². The molecule has 0 saturated carbocycles. The molecule has 2 aromatic carbocycles. The van der Waals surface area contributed by atoms with Crippen molar-refractivity contribution in [3.63, 3.8) is 0 Å². The third kappa shape index (κ3) is 3.17. The van der Waals surface area contributed by atoms with Crippen molar-refractivity contribution in [2.75, 3.05) is 4.90 Å². The Bertz CT molecular complexity index is 830. The van der Waals surface area contributed by atoms with Crippen LogP contribution in [0.15, 0.2) is 47.4 Å². The lowest BCUT2D eigenvalue weighted by molar-refractivity contribution is -0.113. The zero-order valence-corrected chi connectivity index (χ0v) is 14.4. The van der Waals surface area contributed by atoms with Gasteiger partial charge >= 0.3 is 0 Å². The van der Waals surface area contributed by atoms with Crippen molar-refractivity contribution in [2.24, 2.45) is 0 Å². The summed E-state index contributed by atoms with van der Waals surface area (Å²) < 4.78 is 14.3. The van der Waals surface area contributed by atoms with E-state index in [-0.39, 0.29) is 16.5 Å². The number of thiocarbonyl (C=S) groups is 1. The van der Waals surface area contributed by atoms with Crippen LogP contribution in [-0.2, 0) is 4.79 Å². The maximum absolute atomic E-state index is 13.9. The number of thioether (sulfide) groups is 1. The van der Waals surface area contributed by atoms with Crippen molar-refractivity contribution in [1.29, 1.82) is 0 Å². The first-order valence-corrected chi connectivity index (χ1v) is 8.36. The lowest BCUT2D eigenvalue weighted by Gasteiger charge is -2.14. The van der Waals surface area contributed by atoms with E-state index in [2.05, 4.69) is 0 Å². The quantitative estimate of drug-likeness (QED) is 0.540. The van der Waals surface area contributed by atoms with Crippen molar-refractivity contribution < 1.29 is 9.18 Å². The van der Waals surface area contributed by atoms with Gasteiger partial charge in [0.2, 0.25) is 0 Å². The summed E-state index contributed by atoms with van der Waals surface area (Å²) in [5.74, 6) is -0.747. The number of carbonyl (C=O) groups is 1. The lowest BCUT2D eigenvalue weighted by Crippen LogP contribution is -2.27. The molecule has 0 spiro atoms. The first-order chi connectivity index (χ1) is 11.0. The van der Waals surface area contributed by atoms with Crippen molar-refractivity contribution in [1.82, 2.24) is 0 Å². The molecule has 1 aliphatic rings. The molecule has 2 aromatic rings. The van der Waals surface area contributed by atoms with E-state index in [1.807, 2.05) is 31.2 Å². The maximum Gasteiger partial charge on any atom is 0.270 e.